The summed E-state index contributed by atoms with van der Waals surface area (Å²) in [5, 5.41) is 4.12. The number of rotatable bonds is 2. The average Bonchev–Trinajstić information content (AvgIpc) is 2.86. The molecule has 1 atom stereocenters. The number of nitrogens with zero attached hydrogens (tertiary/aromatic N) is 2. The van der Waals surface area contributed by atoms with Gasteiger partial charge >= 0.3 is 0 Å². The SMILES string of the molecule is Fc1ccc2c(c1)CC(Cn1cccn1)O2. The van der Waals surface area contributed by atoms with Crippen LogP contribution in [0.1, 0.15) is 5.56 Å². The summed E-state index contributed by atoms with van der Waals surface area (Å²) in [4.78, 5) is 0. The van der Waals surface area contributed by atoms with Crippen LogP contribution in [0, 0.1) is 5.82 Å². The van der Waals surface area contributed by atoms with Crippen molar-refractivity contribution in [2.75, 3.05) is 0 Å². The monoisotopic (exact) mass is 218 g/mol. The van der Waals surface area contributed by atoms with Crippen LogP contribution in [0.3, 0.4) is 0 Å². The number of ether oxygens (including phenoxy) is 1. The summed E-state index contributed by atoms with van der Waals surface area (Å²) in [6.07, 6.45) is 4.43. The number of aromatic nitrogens is 2. The van der Waals surface area contributed by atoms with Gasteiger partial charge in [0.15, 0.2) is 0 Å². The van der Waals surface area contributed by atoms with Crippen molar-refractivity contribution in [3.8, 4) is 5.75 Å². The highest BCUT2D eigenvalue weighted by Crippen LogP contribution is 2.29. The maximum atomic E-state index is 13.0. The van der Waals surface area contributed by atoms with E-state index in [0.29, 0.717) is 6.54 Å². The highest BCUT2D eigenvalue weighted by Gasteiger charge is 2.23. The van der Waals surface area contributed by atoms with Crippen LogP contribution >= 0.6 is 0 Å². The van der Waals surface area contributed by atoms with Crippen LogP contribution in [-0.2, 0) is 13.0 Å². The molecule has 0 saturated carbocycles. The molecule has 0 spiro atoms. The van der Waals surface area contributed by atoms with Gasteiger partial charge < -0.3 is 4.74 Å². The van der Waals surface area contributed by atoms with Crippen molar-refractivity contribution in [2.45, 2.75) is 19.1 Å². The number of hydrogen-bond acceptors (Lipinski definition) is 2. The Bertz CT molecular complexity index is 496. The molecule has 16 heavy (non-hydrogen) atoms. The minimum atomic E-state index is -0.206. The summed E-state index contributed by atoms with van der Waals surface area (Å²) >= 11 is 0. The largest absolute Gasteiger partial charge is 0.488 e. The van der Waals surface area contributed by atoms with Gasteiger partial charge in [-0.1, -0.05) is 0 Å². The van der Waals surface area contributed by atoms with Crippen molar-refractivity contribution < 1.29 is 9.13 Å². The molecule has 0 amide bonds. The second kappa shape index (κ2) is 3.63. The first-order valence-corrected chi connectivity index (χ1v) is 5.24. The summed E-state index contributed by atoms with van der Waals surface area (Å²) in [5.41, 5.74) is 0.942. The van der Waals surface area contributed by atoms with E-state index in [4.69, 9.17) is 4.74 Å². The molecule has 3 nitrogen and oxygen atoms in total. The van der Waals surface area contributed by atoms with Crippen molar-refractivity contribution in [2.24, 2.45) is 0 Å². The zero-order valence-corrected chi connectivity index (χ0v) is 8.64. The van der Waals surface area contributed by atoms with E-state index in [0.717, 1.165) is 17.7 Å². The fourth-order valence-electron chi connectivity index (χ4n) is 2.01. The van der Waals surface area contributed by atoms with Gasteiger partial charge in [0.05, 0.1) is 6.54 Å². The zero-order valence-electron chi connectivity index (χ0n) is 8.64. The lowest BCUT2D eigenvalue weighted by molar-refractivity contribution is 0.203. The van der Waals surface area contributed by atoms with Gasteiger partial charge in [0, 0.05) is 24.4 Å². The third-order valence-corrected chi connectivity index (χ3v) is 2.71. The maximum Gasteiger partial charge on any atom is 0.123 e. The van der Waals surface area contributed by atoms with Crippen LogP contribution in [0.2, 0.25) is 0 Å². The highest BCUT2D eigenvalue weighted by molar-refractivity contribution is 5.37. The third kappa shape index (κ3) is 1.66. The normalized spacial score (nSPS) is 18.2. The number of fused-ring (bicyclic) bond motifs is 1. The van der Waals surface area contributed by atoms with E-state index >= 15 is 0 Å². The molecule has 1 aliphatic rings. The minimum absolute atomic E-state index is 0.0525. The Hall–Kier alpha value is -1.84. The van der Waals surface area contributed by atoms with Gasteiger partial charge in [0.2, 0.25) is 0 Å². The van der Waals surface area contributed by atoms with E-state index in [2.05, 4.69) is 5.10 Å². The van der Waals surface area contributed by atoms with Crippen molar-refractivity contribution >= 4 is 0 Å². The van der Waals surface area contributed by atoms with Crippen molar-refractivity contribution in [3.63, 3.8) is 0 Å². The van der Waals surface area contributed by atoms with Crippen LogP contribution < -0.4 is 4.74 Å². The molecule has 0 fully saturated rings. The van der Waals surface area contributed by atoms with Gasteiger partial charge in [0.1, 0.15) is 17.7 Å². The lowest BCUT2D eigenvalue weighted by atomic mass is 10.1. The van der Waals surface area contributed by atoms with Crippen molar-refractivity contribution in [1.29, 1.82) is 0 Å². The molecule has 0 aliphatic carbocycles. The molecular formula is C12H11FN2O. The Labute approximate surface area is 92.5 Å². The van der Waals surface area contributed by atoms with E-state index in [1.807, 2.05) is 16.9 Å². The number of hydrogen-bond donors (Lipinski definition) is 0. The molecular weight excluding hydrogens is 207 g/mol. The number of benzene rings is 1. The Kier molecular flexibility index (Phi) is 2.13. The lowest BCUT2D eigenvalue weighted by Gasteiger charge is -2.10. The fourth-order valence-corrected chi connectivity index (χ4v) is 2.01. The standard InChI is InChI=1S/C12H11FN2O/c13-10-2-3-12-9(6-10)7-11(16-12)8-15-5-1-4-14-15/h1-6,11H,7-8H2. The van der Waals surface area contributed by atoms with Crippen molar-refractivity contribution in [1.82, 2.24) is 9.78 Å². The Balaban J connectivity index is 1.75. The summed E-state index contributed by atoms with van der Waals surface area (Å²) in [6, 6.07) is 6.53. The quantitative estimate of drug-likeness (QED) is 0.771. The van der Waals surface area contributed by atoms with Gasteiger partial charge in [-0.2, -0.15) is 5.10 Å². The second-order valence-electron chi connectivity index (χ2n) is 3.92. The molecule has 1 unspecified atom stereocenters. The Morgan fingerprint density at radius 1 is 1.50 bits per heavy atom. The smallest absolute Gasteiger partial charge is 0.123 e. The summed E-state index contributed by atoms with van der Waals surface area (Å²) in [7, 11) is 0. The van der Waals surface area contributed by atoms with Crippen molar-refractivity contribution in [3.05, 3.63) is 48.0 Å². The van der Waals surface area contributed by atoms with Gasteiger partial charge in [-0.15, -0.1) is 0 Å². The molecule has 2 aromatic rings. The van der Waals surface area contributed by atoms with Gasteiger partial charge in [0.25, 0.3) is 0 Å². The first-order chi connectivity index (χ1) is 7.81. The van der Waals surface area contributed by atoms with Crippen LogP contribution in [0.4, 0.5) is 4.39 Å². The molecule has 0 saturated heterocycles. The van der Waals surface area contributed by atoms with Crippen LogP contribution in [0.15, 0.2) is 36.7 Å². The average molecular weight is 218 g/mol. The highest BCUT2D eigenvalue weighted by atomic mass is 19.1. The van der Waals surface area contributed by atoms with Gasteiger partial charge in [-0.3, -0.25) is 4.68 Å². The van der Waals surface area contributed by atoms with E-state index < -0.39 is 0 Å². The molecule has 1 aliphatic heterocycles. The van der Waals surface area contributed by atoms with Gasteiger partial charge in [-0.05, 0) is 24.3 Å². The van der Waals surface area contributed by atoms with E-state index in [1.54, 1.807) is 18.3 Å². The van der Waals surface area contributed by atoms with Crippen LogP contribution in [0.25, 0.3) is 0 Å². The predicted octanol–water partition coefficient (Wildman–Crippen LogP) is 2.03. The first-order valence-electron chi connectivity index (χ1n) is 5.24. The van der Waals surface area contributed by atoms with E-state index in [-0.39, 0.29) is 11.9 Å². The molecule has 0 radical (unpaired) electrons. The van der Waals surface area contributed by atoms with Gasteiger partial charge in [-0.25, -0.2) is 4.39 Å². The summed E-state index contributed by atoms with van der Waals surface area (Å²) in [5.74, 6) is 0.584. The third-order valence-electron chi connectivity index (χ3n) is 2.71. The molecule has 0 N–H and O–H groups in total. The predicted molar refractivity (Wildman–Crippen MR) is 56.7 cm³/mol. The zero-order chi connectivity index (χ0) is 11.0. The Morgan fingerprint density at radius 2 is 2.44 bits per heavy atom. The molecule has 1 aromatic heterocycles. The summed E-state index contributed by atoms with van der Waals surface area (Å²) in [6.45, 7) is 0.698. The second-order valence-corrected chi connectivity index (χ2v) is 3.92. The molecule has 1 aromatic carbocycles. The molecule has 82 valence electrons. The topological polar surface area (TPSA) is 27.1 Å². The first kappa shape index (κ1) is 9.39. The molecule has 4 heteroatoms. The number of halogens is 1. The Morgan fingerprint density at radius 3 is 3.25 bits per heavy atom. The maximum absolute atomic E-state index is 13.0. The summed E-state index contributed by atoms with van der Waals surface area (Å²) < 4.78 is 20.5. The molecule has 0 bridgehead atoms. The van der Waals surface area contributed by atoms with Crippen LogP contribution in [0.5, 0.6) is 5.75 Å². The molecule has 2 heterocycles. The lowest BCUT2D eigenvalue weighted by Crippen LogP contribution is -2.20. The molecule has 3 rings (SSSR count). The fraction of sp³-hybridized carbons (Fsp3) is 0.250. The minimum Gasteiger partial charge on any atom is -0.488 e. The van der Waals surface area contributed by atoms with E-state index in [1.165, 1.54) is 6.07 Å². The van der Waals surface area contributed by atoms with Crippen LogP contribution in [-0.4, -0.2) is 15.9 Å². The van der Waals surface area contributed by atoms with E-state index in [9.17, 15) is 4.39 Å².